The van der Waals surface area contributed by atoms with Crippen molar-refractivity contribution in [2.45, 2.75) is 373 Å². The third-order valence-electron chi connectivity index (χ3n) is 17.9. The number of carboxylic acids is 1. The van der Waals surface area contributed by atoms with Crippen LogP contribution in [0.15, 0.2) is 134 Å². The zero-order valence-electron chi connectivity index (χ0n) is 65.1. The number of hydrogen-bond donors (Lipinski definition) is 0. The normalized spacial score (nSPS) is 13.3. The van der Waals surface area contributed by atoms with Gasteiger partial charge in [-0.2, -0.15) is 0 Å². The molecule has 0 aromatic heterocycles. The lowest BCUT2D eigenvalue weighted by Crippen LogP contribution is -2.44. The molecule has 0 N–H and O–H groups in total. The fraction of sp³-hybridized carbons (Fsp3) is 0.722. The van der Waals surface area contributed by atoms with Crippen molar-refractivity contribution < 1.29 is 42.9 Å². The molecule has 0 aromatic carbocycles. The van der Waals surface area contributed by atoms with Gasteiger partial charge >= 0.3 is 11.9 Å². The molecule has 0 aliphatic heterocycles. The number of esters is 2. The Morgan fingerprint density at radius 2 is 0.576 bits per heavy atom. The summed E-state index contributed by atoms with van der Waals surface area (Å²) in [5, 5.41) is 11.9. The van der Waals surface area contributed by atoms with Crippen LogP contribution in [0.4, 0.5) is 0 Å². The fourth-order valence-corrected chi connectivity index (χ4v) is 11.7. The van der Waals surface area contributed by atoms with Crippen molar-refractivity contribution in [3.05, 3.63) is 134 Å². The number of likely N-dealkylation sites (N-methyl/N-ethyl adjacent to an activating group) is 1. The molecule has 0 bridgehead atoms. The molecule has 0 spiro atoms. The first-order valence-corrected chi connectivity index (χ1v) is 41.3. The van der Waals surface area contributed by atoms with Gasteiger partial charge in [0.1, 0.15) is 13.2 Å². The zero-order chi connectivity index (χ0) is 71.8. The molecule has 0 saturated heterocycles. The van der Waals surface area contributed by atoms with Crippen molar-refractivity contribution in [3.8, 4) is 0 Å². The molecule has 568 valence electrons. The van der Waals surface area contributed by atoms with Crippen molar-refractivity contribution in [3.63, 3.8) is 0 Å². The van der Waals surface area contributed by atoms with E-state index in [2.05, 4.69) is 148 Å². The lowest BCUT2D eigenvalue weighted by molar-refractivity contribution is -0.870. The first-order chi connectivity index (χ1) is 48.6. The molecule has 2 unspecified atom stereocenters. The van der Waals surface area contributed by atoms with Gasteiger partial charge in [0.15, 0.2) is 12.4 Å². The molecule has 0 aromatic rings. The molecule has 0 radical (unpaired) electrons. The second-order valence-electron chi connectivity index (χ2n) is 28.7. The lowest BCUT2D eigenvalue weighted by Gasteiger charge is -2.26. The number of quaternary nitrogens is 1. The Morgan fingerprint density at radius 1 is 0.313 bits per heavy atom. The number of carboxylic acid groups (broad SMARTS) is 1. The van der Waals surface area contributed by atoms with Crippen molar-refractivity contribution in [2.75, 3.05) is 47.5 Å². The SMILES string of the molecule is CC/C=C\C/C=C\C/C=C\C/C=C\C/C=C\C/C=C\C/C=C\C/C=C\C/C=C\C/C=C\C/C=C\CCCCCCCCCC(=O)OC(COC(=O)CCCCCCCCCCCCCCCCCCCCCCCCCCCCCCCCCCC)COC(OCC[N+](C)(C)C)C(=O)[O-]. The first kappa shape index (κ1) is 94.4. The number of allylic oxidation sites excluding steroid dienone is 22. The molecule has 9 nitrogen and oxygen atoms in total. The maximum atomic E-state index is 13.0. The molecule has 99 heavy (non-hydrogen) atoms. The van der Waals surface area contributed by atoms with Crippen LogP contribution in [0.2, 0.25) is 0 Å². The lowest BCUT2D eigenvalue weighted by atomic mass is 10.0. The molecular weight excluding hydrogens is 1220 g/mol. The largest absolute Gasteiger partial charge is 0.545 e. The average molecular weight is 1380 g/mol. The van der Waals surface area contributed by atoms with E-state index in [1.165, 1.54) is 212 Å². The average Bonchev–Trinajstić information content (AvgIpc) is 2.62. The molecule has 0 aliphatic carbocycles. The molecule has 0 fully saturated rings. The summed E-state index contributed by atoms with van der Waals surface area (Å²) in [6.45, 7) is 4.66. The van der Waals surface area contributed by atoms with Crippen LogP contribution in [-0.4, -0.2) is 82.3 Å². The van der Waals surface area contributed by atoms with Crippen molar-refractivity contribution in [1.29, 1.82) is 0 Å². The maximum absolute atomic E-state index is 13.0. The number of rotatable bonds is 76. The van der Waals surface area contributed by atoms with Crippen molar-refractivity contribution in [2.24, 2.45) is 0 Å². The number of carbonyl (C=O) groups excluding carboxylic acids is 3. The summed E-state index contributed by atoms with van der Waals surface area (Å²) in [4.78, 5) is 37.6. The highest BCUT2D eigenvalue weighted by atomic mass is 16.7. The highest BCUT2D eigenvalue weighted by molar-refractivity contribution is 5.70. The first-order valence-electron chi connectivity index (χ1n) is 41.3. The zero-order valence-corrected chi connectivity index (χ0v) is 65.1. The number of carbonyl (C=O) groups is 3. The number of hydrogen-bond acceptors (Lipinski definition) is 8. The third kappa shape index (κ3) is 80.6. The van der Waals surface area contributed by atoms with E-state index < -0.39 is 24.3 Å². The molecule has 0 saturated carbocycles. The van der Waals surface area contributed by atoms with Gasteiger partial charge in [-0.1, -0.05) is 385 Å². The van der Waals surface area contributed by atoms with Crippen LogP contribution in [-0.2, 0) is 33.3 Å². The molecule has 9 heteroatoms. The Bertz CT molecular complexity index is 2100. The van der Waals surface area contributed by atoms with Gasteiger partial charge in [0.25, 0.3) is 0 Å². The Hall–Kier alpha value is -4.57. The molecule has 2 atom stereocenters. The van der Waals surface area contributed by atoms with Gasteiger partial charge in [0.2, 0.25) is 0 Å². The molecule has 0 amide bonds. The molecule has 0 aliphatic rings. The summed E-state index contributed by atoms with van der Waals surface area (Å²) in [5.74, 6) is -2.29. The monoisotopic (exact) mass is 1380 g/mol. The van der Waals surface area contributed by atoms with Gasteiger partial charge in [-0.15, -0.1) is 0 Å². The minimum Gasteiger partial charge on any atom is -0.545 e. The predicted molar refractivity (Wildman–Crippen MR) is 426 cm³/mol. The fourth-order valence-electron chi connectivity index (χ4n) is 11.7. The Labute approximate surface area is 611 Å². The Morgan fingerprint density at radius 3 is 0.859 bits per heavy atom. The topological polar surface area (TPSA) is 111 Å². The third-order valence-corrected chi connectivity index (χ3v) is 17.9. The van der Waals surface area contributed by atoms with Gasteiger partial charge < -0.3 is 33.3 Å². The smallest absolute Gasteiger partial charge is 0.306 e. The van der Waals surface area contributed by atoms with Gasteiger partial charge in [0.05, 0.1) is 40.3 Å². The van der Waals surface area contributed by atoms with E-state index in [0.29, 0.717) is 17.4 Å². The van der Waals surface area contributed by atoms with Crippen LogP contribution in [0.25, 0.3) is 0 Å². The Kier molecular flexibility index (Phi) is 75.5. The summed E-state index contributed by atoms with van der Waals surface area (Å²) < 4.78 is 22.9. The molecular formula is C90H155NO8. The Balaban J connectivity index is 4.09. The molecule has 0 heterocycles. The van der Waals surface area contributed by atoms with E-state index in [0.717, 1.165) is 116 Å². The number of unbranched alkanes of at least 4 members (excludes halogenated alkanes) is 39. The minimum atomic E-state index is -1.63. The van der Waals surface area contributed by atoms with Crippen LogP contribution < -0.4 is 5.11 Å². The van der Waals surface area contributed by atoms with Crippen LogP contribution in [0, 0.1) is 0 Å². The van der Waals surface area contributed by atoms with Gasteiger partial charge in [-0.3, -0.25) is 9.59 Å². The number of aliphatic carboxylic acids is 1. The van der Waals surface area contributed by atoms with Crippen molar-refractivity contribution in [1.82, 2.24) is 0 Å². The van der Waals surface area contributed by atoms with Crippen LogP contribution in [0.1, 0.15) is 361 Å². The summed E-state index contributed by atoms with van der Waals surface area (Å²) in [6.07, 6.45) is 112. The van der Waals surface area contributed by atoms with E-state index in [1.54, 1.807) is 0 Å². The van der Waals surface area contributed by atoms with Crippen LogP contribution in [0.5, 0.6) is 0 Å². The van der Waals surface area contributed by atoms with Gasteiger partial charge in [0, 0.05) is 12.8 Å². The number of ether oxygens (including phenoxy) is 4. The summed E-state index contributed by atoms with van der Waals surface area (Å²) in [5.41, 5.74) is 0. The van der Waals surface area contributed by atoms with Gasteiger partial charge in [-0.25, -0.2) is 0 Å². The second-order valence-corrected chi connectivity index (χ2v) is 28.7. The van der Waals surface area contributed by atoms with E-state index in [4.69, 9.17) is 18.9 Å². The quantitative estimate of drug-likeness (QED) is 0.0195. The van der Waals surface area contributed by atoms with E-state index in [-0.39, 0.29) is 38.6 Å². The summed E-state index contributed by atoms with van der Waals surface area (Å²) in [6, 6.07) is 0. The van der Waals surface area contributed by atoms with E-state index >= 15 is 0 Å². The van der Waals surface area contributed by atoms with E-state index in [9.17, 15) is 19.5 Å². The van der Waals surface area contributed by atoms with E-state index in [1.807, 2.05) is 21.1 Å². The standard InChI is InChI=1S/C90H155NO8/c1-6-8-10-12-14-16-18-20-22-24-26-28-30-32-34-36-38-40-41-42-43-44-45-46-47-49-51-53-55-57-59-61-63-65-67-69-71-73-75-77-79-81-88(93)99-86(85-98-90(89(94)95)96-83-82-91(3,4)5)84-97-87(92)80-78-76-74-72-70-68-66-64-62-60-58-56-54-52-50-48-39-37-35-33-31-29-27-25-23-21-19-17-15-13-11-9-7-2/h8,10,14,16,20,22,26,28,32,34,38,40,42-43,45-46,49,51,55,57,61,63,86,90H,6-7,9,11-13,15,17-19,21,23-25,27,29-31,33,35-37,39,41,44,47-48,50,52-54,56,58-60,62,64-85H2,1-5H3/b10-8-,16-14-,22-20-,28-26-,34-32-,40-38-,43-42-,46-45-,51-49-,57-55-,63-61-. The second kappa shape index (κ2) is 79.1. The van der Waals surface area contributed by atoms with Crippen LogP contribution >= 0.6 is 0 Å². The predicted octanol–water partition coefficient (Wildman–Crippen LogP) is 25.5. The van der Waals surface area contributed by atoms with Crippen molar-refractivity contribution >= 4 is 17.9 Å². The maximum Gasteiger partial charge on any atom is 0.306 e. The van der Waals surface area contributed by atoms with Gasteiger partial charge in [-0.05, 0) is 96.3 Å². The molecule has 0 rings (SSSR count). The highest BCUT2D eigenvalue weighted by Gasteiger charge is 2.22. The summed E-state index contributed by atoms with van der Waals surface area (Å²) in [7, 11) is 5.93. The minimum absolute atomic E-state index is 0.141. The highest BCUT2D eigenvalue weighted by Crippen LogP contribution is 2.19. The number of nitrogens with zero attached hydrogens (tertiary/aromatic N) is 1. The van der Waals surface area contributed by atoms with Crippen LogP contribution in [0.3, 0.4) is 0 Å². The summed E-state index contributed by atoms with van der Waals surface area (Å²) >= 11 is 0.